The Morgan fingerprint density at radius 3 is 2.45 bits per heavy atom. The van der Waals surface area contributed by atoms with Crippen molar-refractivity contribution in [2.45, 2.75) is 58.3 Å². The van der Waals surface area contributed by atoms with E-state index in [1.165, 1.54) is 51.4 Å². The molecule has 29 heavy (non-hydrogen) atoms. The highest BCUT2D eigenvalue weighted by atomic mass is 35.5. The zero-order valence-corrected chi connectivity index (χ0v) is 17.8. The van der Waals surface area contributed by atoms with E-state index >= 15 is 0 Å². The second-order valence-corrected chi connectivity index (χ2v) is 8.26. The average molecular weight is 413 g/mol. The van der Waals surface area contributed by atoms with Crippen molar-refractivity contribution in [3.05, 3.63) is 59.1 Å². The summed E-state index contributed by atoms with van der Waals surface area (Å²) in [6.45, 7) is 2.26. The monoisotopic (exact) mass is 412 g/mol. The molecule has 4 nitrogen and oxygen atoms in total. The van der Waals surface area contributed by atoms with Crippen LogP contribution in [0.5, 0.6) is 5.75 Å². The van der Waals surface area contributed by atoms with E-state index in [2.05, 4.69) is 29.0 Å². The van der Waals surface area contributed by atoms with E-state index in [0.717, 1.165) is 11.5 Å². The Balaban J connectivity index is 1.46. The van der Waals surface area contributed by atoms with E-state index in [9.17, 15) is 4.79 Å². The summed E-state index contributed by atoms with van der Waals surface area (Å²) in [4.78, 5) is 20.4. The minimum absolute atomic E-state index is 0.0460. The van der Waals surface area contributed by atoms with Gasteiger partial charge in [-0.3, -0.25) is 0 Å². The second-order valence-electron chi connectivity index (χ2n) is 7.82. The molecule has 1 aliphatic rings. The van der Waals surface area contributed by atoms with Gasteiger partial charge in [-0.25, -0.2) is 14.8 Å². The van der Waals surface area contributed by atoms with Gasteiger partial charge in [0, 0.05) is 23.0 Å². The molecule has 0 radical (unpaired) electrons. The van der Waals surface area contributed by atoms with Crippen LogP contribution in [0.2, 0.25) is 5.02 Å². The standard InChI is InChI=1S/C24H29ClN2O2/c1-2-3-4-5-18-6-8-19(9-7-18)10-11-20-16-26-23(27-17-20)24(28)29-22-14-12-21(25)13-15-22/h10-19H,2-9H2,1H3. The number of esters is 1. The van der Waals surface area contributed by atoms with Crippen LogP contribution in [0.4, 0.5) is 0 Å². The number of nitrogens with zero attached hydrogens (tertiary/aromatic N) is 2. The minimum atomic E-state index is -0.579. The Bertz CT molecular complexity index is 795. The largest absolute Gasteiger partial charge is 0.421 e. The molecule has 5 heteroatoms. The molecule has 0 spiro atoms. The first-order valence-electron chi connectivity index (χ1n) is 10.6. The molecule has 0 saturated heterocycles. The van der Waals surface area contributed by atoms with Gasteiger partial charge < -0.3 is 4.74 Å². The van der Waals surface area contributed by atoms with Crippen molar-refractivity contribution in [2.75, 3.05) is 0 Å². The summed E-state index contributed by atoms with van der Waals surface area (Å²) >= 11 is 5.83. The number of benzene rings is 1. The SMILES string of the molecule is CCCCCC1CCC(C=Cc2cnc(C(=O)Oc3ccc(Cl)cc3)nc2)CC1. The van der Waals surface area contributed by atoms with Gasteiger partial charge in [0.05, 0.1) is 0 Å². The normalized spacial score (nSPS) is 19.4. The highest BCUT2D eigenvalue weighted by molar-refractivity contribution is 6.30. The van der Waals surface area contributed by atoms with Gasteiger partial charge in [-0.2, -0.15) is 0 Å². The van der Waals surface area contributed by atoms with Gasteiger partial charge in [0.25, 0.3) is 0 Å². The summed E-state index contributed by atoms with van der Waals surface area (Å²) in [5, 5.41) is 0.585. The Morgan fingerprint density at radius 2 is 1.79 bits per heavy atom. The summed E-state index contributed by atoms with van der Waals surface area (Å²) in [6, 6.07) is 6.60. The number of halogens is 1. The molecule has 1 saturated carbocycles. The lowest BCUT2D eigenvalue weighted by Crippen LogP contribution is -2.13. The first-order chi connectivity index (χ1) is 14.1. The molecule has 0 aliphatic heterocycles. The van der Waals surface area contributed by atoms with Crippen LogP contribution < -0.4 is 4.74 Å². The Morgan fingerprint density at radius 1 is 1.10 bits per heavy atom. The first kappa shape index (κ1) is 21.5. The van der Waals surface area contributed by atoms with Gasteiger partial charge in [0.1, 0.15) is 5.75 Å². The quantitative estimate of drug-likeness (QED) is 0.273. The molecule has 0 amide bonds. The molecule has 0 bridgehead atoms. The van der Waals surface area contributed by atoms with Crippen molar-refractivity contribution >= 4 is 23.6 Å². The molecule has 154 valence electrons. The summed E-state index contributed by atoms with van der Waals surface area (Å²) in [6.07, 6.45) is 18.3. The van der Waals surface area contributed by atoms with Gasteiger partial charge in [0.15, 0.2) is 0 Å². The van der Waals surface area contributed by atoms with Gasteiger partial charge in [-0.1, -0.05) is 56.4 Å². The van der Waals surface area contributed by atoms with Crippen LogP contribution in [0.3, 0.4) is 0 Å². The predicted octanol–water partition coefficient (Wildman–Crippen LogP) is 6.75. The highest BCUT2D eigenvalue weighted by Crippen LogP contribution is 2.33. The van der Waals surface area contributed by atoms with Crippen molar-refractivity contribution in [2.24, 2.45) is 11.8 Å². The van der Waals surface area contributed by atoms with Crippen LogP contribution in [0.15, 0.2) is 42.7 Å². The first-order valence-corrected chi connectivity index (χ1v) is 11.0. The summed E-state index contributed by atoms with van der Waals surface area (Å²) in [5.41, 5.74) is 0.901. The Labute approximate surface area is 178 Å². The van der Waals surface area contributed by atoms with E-state index in [-0.39, 0.29) is 5.82 Å². The molecule has 1 heterocycles. The van der Waals surface area contributed by atoms with Crippen molar-refractivity contribution < 1.29 is 9.53 Å². The predicted molar refractivity (Wildman–Crippen MR) is 117 cm³/mol. The van der Waals surface area contributed by atoms with Crippen LogP contribution >= 0.6 is 11.6 Å². The van der Waals surface area contributed by atoms with Gasteiger partial charge in [0.2, 0.25) is 5.82 Å². The molecule has 1 fully saturated rings. The fraction of sp³-hybridized carbons (Fsp3) is 0.458. The second kappa shape index (κ2) is 11.1. The smallest absolute Gasteiger partial charge is 0.381 e. The maximum absolute atomic E-state index is 12.1. The third-order valence-corrected chi connectivity index (χ3v) is 5.80. The lowest BCUT2D eigenvalue weighted by atomic mass is 9.79. The van der Waals surface area contributed by atoms with E-state index in [1.54, 1.807) is 36.7 Å². The zero-order valence-electron chi connectivity index (χ0n) is 17.0. The highest BCUT2D eigenvalue weighted by Gasteiger charge is 2.19. The molecule has 1 aromatic carbocycles. The van der Waals surface area contributed by atoms with Crippen LogP contribution in [-0.2, 0) is 0 Å². The molecular weight excluding hydrogens is 384 g/mol. The number of carbonyl (C=O) groups excluding carboxylic acids is 1. The van der Waals surface area contributed by atoms with Gasteiger partial charge in [-0.05, 0) is 61.8 Å². The van der Waals surface area contributed by atoms with Crippen LogP contribution in [0, 0.1) is 11.8 Å². The third kappa shape index (κ3) is 6.97. The molecule has 2 aromatic rings. The van der Waals surface area contributed by atoms with E-state index < -0.39 is 5.97 Å². The van der Waals surface area contributed by atoms with E-state index in [4.69, 9.17) is 16.3 Å². The number of hydrogen-bond donors (Lipinski definition) is 0. The van der Waals surface area contributed by atoms with Gasteiger partial charge in [-0.15, -0.1) is 0 Å². The van der Waals surface area contributed by atoms with Crippen molar-refractivity contribution in [1.82, 2.24) is 9.97 Å². The van der Waals surface area contributed by atoms with Gasteiger partial charge >= 0.3 is 5.97 Å². The molecule has 0 atom stereocenters. The number of allylic oxidation sites excluding steroid dienone is 1. The number of ether oxygens (including phenoxy) is 1. The topological polar surface area (TPSA) is 52.1 Å². The van der Waals surface area contributed by atoms with Crippen LogP contribution in [-0.4, -0.2) is 15.9 Å². The fourth-order valence-electron chi connectivity index (χ4n) is 3.78. The van der Waals surface area contributed by atoms with Crippen molar-refractivity contribution in [1.29, 1.82) is 0 Å². The van der Waals surface area contributed by atoms with Crippen molar-refractivity contribution in [3.63, 3.8) is 0 Å². The number of aromatic nitrogens is 2. The number of carbonyl (C=O) groups is 1. The lowest BCUT2D eigenvalue weighted by Gasteiger charge is -2.26. The number of rotatable bonds is 8. The number of hydrogen-bond acceptors (Lipinski definition) is 4. The fourth-order valence-corrected chi connectivity index (χ4v) is 3.91. The summed E-state index contributed by atoms with van der Waals surface area (Å²) < 4.78 is 5.25. The molecule has 1 aromatic heterocycles. The van der Waals surface area contributed by atoms with E-state index in [0.29, 0.717) is 16.7 Å². The maximum atomic E-state index is 12.1. The minimum Gasteiger partial charge on any atom is -0.421 e. The molecule has 0 unspecified atom stereocenters. The van der Waals surface area contributed by atoms with Crippen molar-refractivity contribution in [3.8, 4) is 5.75 Å². The molecule has 3 rings (SSSR count). The van der Waals surface area contributed by atoms with Crippen LogP contribution in [0.1, 0.15) is 74.5 Å². The number of unbranched alkanes of at least 4 members (excludes halogenated alkanes) is 2. The maximum Gasteiger partial charge on any atom is 0.381 e. The Hall–Kier alpha value is -2.20. The van der Waals surface area contributed by atoms with E-state index in [1.807, 2.05) is 0 Å². The molecule has 1 aliphatic carbocycles. The third-order valence-electron chi connectivity index (χ3n) is 5.55. The molecular formula is C24H29ClN2O2. The lowest BCUT2D eigenvalue weighted by molar-refractivity contribution is 0.0722. The Kier molecular flexibility index (Phi) is 8.24. The average Bonchev–Trinajstić information content (AvgIpc) is 2.75. The zero-order chi connectivity index (χ0) is 20.5. The summed E-state index contributed by atoms with van der Waals surface area (Å²) in [5.74, 6) is 1.43. The summed E-state index contributed by atoms with van der Waals surface area (Å²) in [7, 11) is 0. The molecule has 0 N–H and O–H groups in total. The van der Waals surface area contributed by atoms with Crippen LogP contribution in [0.25, 0.3) is 6.08 Å².